The molecule has 3 heteroatoms. The molecule has 0 aliphatic heterocycles. The summed E-state index contributed by atoms with van der Waals surface area (Å²) in [5.41, 5.74) is 3.04. The molecule has 0 aliphatic carbocycles. The third-order valence-electron chi connectivity index (χ3n) is 3.22. The highest BCUT2D eigenvalue weighted by molar-refractivity contribution is 5.97. The van der Waals surface area contributed by atoms with Gasteiger partial charge in [0.25, 0.3) is 0 Å². The molecule has 0 saturated carbocycles. The normalized spacial score (nSPS) is 10.1. The number of benzene rings is 2. The molecule has 0 aliphatic rings. The number of carbonyl (C=O) groups excluding carboxylic acids is 2. The van der Waals surface area contributed by atoms with Gasteiger partial charge in [0.05, 0.1) is 0 Å². The number of ketones is 1. The van der Waals surface area contributed by atoms with Gasteiger partial charge in [-0.05, 0) is 31.5 Å². The Labute approximate surface area is 130 Å². The van der Waals surface area contributed by atoms with Crippen molar-refractivity contribution in [2.75, 3.05) is 0 Å². The van der Waals surface area contributed by atoms with Gasteiger partial charge >= 0.3 is 5.97 Å². The summed E-state index contributed by atoms with van der Waals surface area (Å²) in [5, 5.41) is 0. The van der Waals surface area contributed by atoms with Gasteiger partial charge in [-0.15, -0.1) is 0 Å². The van der Waals surface area contributed by atoms with Gasteiger partial charge in [0, 0.05) is 17.6 Å². The fourth-order valence-electron chi connectivity index (χ4n) is 1.90. The molecule has 0 radical (unpaired) electrons. The van der Waals surface area contributed by atoms with Crippen LogP contribution < -0.4 is 4.74 Å². The van der Waals surface area contributed by atoms with E-state index in [1.807, 2.05) is 31.2 Å². The molecule has 112 valence electrons. The predicted octanol–water partition coefficient (Wildman–Crippen LogP) is 3.90. The van der Waals surface area contributed by atoms with Gasteiger partial charge in [-0.25, -0.2) is 4.79 Å². The van der Waals surface area contributed by atoms with Crippen LogP contribution in [0.4, 0.5) is 0 Å². The summed E-state index contributed by atoms with van der Waals surface area (Å²) in [5.74, 6) is 0.0506. The summed E-state index contributed by atoms with van der Waals surface area (Å²) >= 11 is 0. The van der Waals surface area contributed by atoms with E-state index in [0.29, 0.717) is 23.3 Å². The lowest BCUT2D eigenvalue weighted by Crippen LogP contribution is -2.08. The molecule has 0 aromatic heterocycles. The lowest BCUT2D eigenvalue weighted by molar-refractivity contribution is -0.130. The second kappa shape index (κ2) is 6.85. The number of hydrogen-bond donors (Lipinski definition) is 0. The fourth-order valence-corrected chi connectivity index (χ4v) is 1.90. The maximum absolute atomic E-state index is 12.2. The van der Waals surface area contributed by atoms with Crippen molar-refractivity contribution in [3.8, 4) is 5.75 Å². The molecule has 0 N–H and O–H groups in total. The van der Waals surface area contributed by atoms with E-state index in [9.17, 15) is 9.59 Å². The highest BCUT2D eigenvalue weighted by Crippen LogP contribution is 2.15. The van der Waals surface area contributed by atoms with Crippen molar-refractivity contribution in [1.29, 1.82) is 0 Å². The van der Waals surface area contributed by atoms with E-state index in [-0.39, 0.29) is 5.78 Å². The largest absolute Gasteiger partial charge is 0.423 e. The van der Waals surface area contributed by atoms with E-state index < -0.39 is 5.97 Å². The Kier molecular flexibility index (Phi) is 4.89. The molecule has 0 atom stereocenters. The summed E-state index contributed by atoms with van der Waals surface area (Å²) in [6.45, 7) is 7.11. The zero-order valence-electron chi connectivity index (χ0n) is 12.8. The van der Waals surface area contributed by atoms with E-state index in [2.05, 4.69) is 6.58 Å². The lowest BCUT2D eigenvalue weighted by Gasteiger charge is -2.05. The molecular weight excluding hydrogens is 276 g/mol. The summed E-state index contributed by atoms with van der Waals surface area (Å²) < 4.78 is 5.11. The van der Waals surface area contributed by atoms with Crippen LogP contribution in [0.2, 0.25) is 0 Å². The first-order chi connectivity index (χ1) is 10.5. The lowest BCUT2D eigenvalue weighted by atomic mass is 10.0. The number of ether oxygens (including phenoxy) is 1. The molecular formula is C19H18O3. The van der Waals surface area contributed by atoms with Crippen molar-refractivity contribution in [3.05, 3.63) is 77.4 Å². The molecule has 0 spiro atoms. The monoisotopic (exact) mass is 294 g/mol. The Hall–Kier alpha value is -2.68. The van der Waals surface area contributed by atoms with Crippen LogP contribution in [0, 0.1) is 6.92 Å². The zero-order valence-corrected chi connectivity index (χ0v) is 12.8. The molecule has 3 nitrogen and oxygen atoms in total. The minimum Gasteiger partial charge on any atom is -0.423 e. The molecule has 0 fully saturated rings. The highest BCUT2D eigenvalue weighted by atomic mass is 16.5. The van der Waals surface area contributed by atoms with Gasteiger partial charge in [0.15, 0.2) is 5.78 Å². The first-order valence-electron chi connectivity index (χ1n) is 7.02. The van der Waals surface area contributed by atoms with E-state index in [1.165, 1.54) is 0 Å². The molecule has 2 aromatic carbocycles. The third kappa shape index (κ3) is 4.16. The van der Waals surface area contributed by atoms with Crippen LogP contribution in [0.5, 0.6) is 5.75 Å². The van der Waals surface area contributed by atoms with Crippen molar-refractivity contribution in [1.82, 2.24) is 0 Å². The van der Waals surface area contributed by atoms with Crippen LogP contribution in [0.3, 0.4) is 0 Å². The fraction of sp³-hybridized carbons (Fsp3) is 0.158. The molecule has 0 saturated heterocycles. The molecule has 2 rings (SSSR count). The van der Waals surface area contributed by atoms with Gasteiger partial charge in [-0.2, -0.15) is 0 Å². The standard InChI is InChI=1S/C19H18O3/c1-13(2)19(21)22-17-10-6-15(7-11-17)12-18(20)16-8-4-14(3)5-9-16/h4-11H,1,12H2,2-3H3. The Morgan fingerprint density at radius 1 is 1.00 bits per heavy atom. The van der Waals surface area contributed by atoms with Crippen LogP contribution in [-0.4, -0.2) is 11.8 Å². The number of Topliss-reactive ketones (excluding diaryl/α,β-unsaturated/α-hetero) is 1. The van der Waals surface area contributed by atoms with Crippen molar-refractivity contribution >= 4 is 11.8 Å². The van der Waals surface area contributed by atoms with Crippen molar-refractivity contribution < 1.29 is 14.3 Å². The van der Waals surface area contributed by atoms with Crippen molar-refractivity contribution in [3.63, 3.8) is 0 Å². The van der Waals surface area contributed by atoms with Gasteiger partial charge in [-0.3, -0.25) is 4.79 Å². The first kappa shape index (κ1) is 15.7. The molecule has 2 aromatic rings. The molecule has 0 heterocycles. The first-order valence-corrected chi connectivity index (χ1v) is 7.02. The smallest absolute Gasteiger partial charge is 0.338 e. The Bertz CT molecular complexity index is 694. The van der Waals surface area contributed by atoms with Crippen LogP contribution in [-0.2, 0) is 11.2 Å². The quantitative estimate of drug-likeness (QED) is 0.363. The number of aryl methyl sites for hydroxylation is 1. The van der Waals surface area contributed by atoms with Crippen molar-refractivity contribution in [2.24, 2.45) is 0 Å². The Morgan fingerprint density at radius 2 is 1.59 bits per heavy atom. The number of rotatable bonds is 5. The maximum atomic E-state index is 12.2. The number of carbonyl (C=O) groups is 2. The molecule has 22 heavy (non-hydrogen) atoms. The summed E-state index contributed by atoms with van der Waals surface area (Å²) in [6.07, 6.45) is 0.317. The van der Waals surface area contributed by atoms with Crippen LogP contribution >= 0.6 is 0 Å². The second-order valence-corrected chi connectivity index (χ2v) is 5.28. The Morgan fingerprint density at radius 3 is 2.14 bits per heavy atom. The van der Waals surface area contributed by atoms with Gasteiger partial charge in [0.2, 0.25) is 0 Å². The van der Waals surface area contributed by atoms with E-state index in [0.717, 1.165) is 11.1 Å². The minimum atomic E-state index is -0.455. The third-order valence-corrected chi connectivity index (χ3v) is 3.22. The van der Waals surface area contributed by atoms with Gasteiger partial charge in [-0.1, -0.05) is 48.5 Å². The SMILES string of the molecule is C=C(C)C(=O)Oc1ccc(CC(=O)c2ccc(C)cc2)cc1. The molecule has 0 amide bonds. The molecule has 0 unspecified atom stereocenters. The average Bonchev–Trinajstić information content (AvgIpc) is 2.49. The Balaban J connectivity index is 2.02. The van der Waals surface area contributed by atoms with E-state index >= 15 is 0 Å². The summed E-state index contributed by atoms with van der Waals surface area (Å²) in [6, 6.07) is 14.4. The zero-order chi connectivity index (χ0) is 16.1. The van der Waals surface area contributed by atoms with Gasteiger partial charge in [0.1, 0.15) is 5.75 Å². The highest BCUT2D eigenvalue weighted by Gasteiger charge is 2.08. The van der Waals surface area contributed by atoms with Crippen LogP contribution in [0.1, 0.15) is 28.4 Å². The van der Waals surface area contributed by atoms with Crippen molar-refractivity contribution in [2.45, 2.75) is 20.3 Å². The number of hydrogen-bond acceptors (Lipinski definition) is 3. The molecule has 0 bridgehead atoms. The van der Waals surface area contributed by atoms with Crippen LogP contribution in [0.15, 0.2) is 60.7 Å². The van der Waals surface area contributed by atoms with Crippen LogP contribution in [0.25, 0.3) is 0 Å². The second-order valence-electron chi connectivity index (χ2n) is 5.28. The topological polar surface area (TPSA) is 43.4 Å². The van der Waals surface area contributed by atoms with Gasteiger partial charge < -0.3 is 4.74 Å². The summed E-state index contributed by atoms with van der Waals surface area (Å²) in [7, 11) is 0. The van der Waals surface area contributed by atoms with E-state index in [4.69, 9.17) is 4.74 Å². The average molecular weight is 294 g/mol. The van der Waals surface area contributed by atoms with E-state index in [1.54, 1.807) is 31.2 Å². The predicted molar refractivity (Wildman–Crippen MR) is 86.1 cm³/mol. The summed E-state index contributed by atoms with van der Waals surface area (Å²) in [4.78, 5) is 23.6. The minimum absolute atomic E-state index is 0.0617. The number of esters is 1. The maximum Gasteiger partial charge on any atom is 0.338 e.